The van der Waals surface area contributed by atoms with Crippen molar-refractivity contribution in [2.75, 3.05) is 32.2 Å². The van der Waals surface area contributed by atoms with Crippen molar-refractivity contribution in [3.63, 3.8) is 0 Å². The molecule has 2 aromatic carbocycles. The van der Waals surface area contributed by atoms with E-state index in [9.17, 15) is 23.1 Å². The normalized spacial score (nSPS) is 20.9. The maximum absolute atomic E-state index is 14.9. The standard InChI is InChI=1S/C27H26ClN3O8S/c1-37-17-9-11-23(22(15-17)38-2)40(35,36)31-20-10-8-16(28)14-19(20)27(26(31)34,18-6-4-12-29-24(18)39-3)30-13-5-7-21(30)25(32)33/h4,6,8-12,14-15,21H,5,7,13H2,1-3H3,(H,32,33)/t21-,27?/m0/s1. The molecule has 2 aliphatic rings. The molecular weight excluding hydrogens is 562 g/mol. The lowest BCUT2D eigenvalue weighted by Crippen LogP contribution is -2.58. The van der Waals surface area contributed by atoms with E-state index in [2.05, 4.69) is 4.98 Å². The van der Waals surface area contributed by atoms with Crippen LogP contribution in [0.25, 0.3) is 0 Å². The van der Waals surface area contributed by atoms with E-state index in [1.54, 1.807) is 12.1 Å². The zero-order chi connectivity index (χ0) is 28.8. The lowest BCUT2D eigenvalue weighted by atomic mass is 9.81. The number of carbonyl (C=O) groups excluding carboxylic acids is 1. The number of anilines is 1. The summed E-state index contributed by atoms with van der Waals surface area (Å²) in [6.45, 7) is 0.187. The molecule has 0 bridgehead atoms. The number of sulfonamides is 1. The van der Waals surface area contributed by atoms with E-state index in [4.69, 9.17) is 25.8 Å². The molecule has 0 saturated carbocycles. The molecule has 11 nitrogen and oxygen atoms in total. The molecule has 1 aromatic heterocycles. The van der Waals surface area contributed by atoms with Gasteiger partial charge in [0.1, 0.15) is 22.4 Å². The first-order valence-corrected chi connectivity index (χ1v) is 14.1. The van der Waals surface area contributed by atoms with Gasteiger partial charge in [-0.15, -0.1) is 0 Å². The molecule has 1 N–H and O–H groups in total. The van der Waals surface area contributed by atoms with Gasteiger partial charge in [-0.25, -0.2) is 17.7 Å². The Morgan fingerprint density at radius 1 is 1.07 bits per heavy atom. The molecule has 0 aliphatic carbocycles. The monoisotopic (exact) mass is 587 g/mol. The Bertz CT molecular complexity index is 1620. The maximum Gasteiger partial charge on any atom is 0.320 e. The number of amides is 1. The second-order valence-electron chi connectivity index (χ2n) is 9.21. The van der Waals surface area contributed by atoms with Gasteiger partial charge < -0.3 is 19.3 Å². The van der Waals surface area contributed by atoms with Crippen LogP contribution in [0.3, 0.4) is 0 Å². The van der Waals surface area contributed by atoms with E-state index >= 15 is 0 Å². The predicted molar refractivity (Wildman–Crippen MR) is 145 cm³/mol. The Hall–Kier alpha value is -3.87. The number of hydrogen-bond acceptors (Lipinski definition) is 9. The Morgan fingerprint density at radius 3 is 2.52 bits per heavy atom. The fraction of sp³-hybridized carbons (Fsp3) is 0.296. The molecule has 13 heteroatoms. The van der Waals surface area contributed by atoms with E-state index in [1.165, 1.54) is 68.8 Å². The molecule has 40 heavy (non-hydrogen) atoms. The Balaban J connectivity index is 1.85. The van der Waals surface area contributed by atoms with Gasteiger partial charge in [0.25, 0.3) is 15.9 Å². The van der Waals surface area contributed by atoms with Gasteiger partial charge in [-0.05, 0) is 55.3 Å². The van der Waals surface area contributed by atoms with Crippen molar-refractivity contribution in [2.45, 2.75) is 29.3 Å². The number of rotatable bonds is 8. The number of methoxy groups -OCH3 is 3. The minimum absolute atomic E-state index is 0.0224. The number of hydrogen-bond donors (Lipinski definition) is 1. The van der Waals surface area contributed by atoms with Crippen LogP contribution < -0.4 is 18.5 Å². The summed E-state index contributed by atoms with van der Waals surface area (Å²) in [5, 5.41) is 10.4. The van der Waals surface area contributed by atoms with Crippen molar-refractivity contribution in [1.82, 2.24) is 9.88 Å². The SMILES string of the molecule is COc1ccc(S(=O)(=O)N2C(=O)C(c3cccnc3OC)(N3CCC[C@H]3C(=O)O)c3cc(Cl)ccc32)c(OC)c1. The third-order valence-electron chi connectivity index (χ3n) is 7.27. The number of aromatic nitrogens is 1. The molecule has 1 saturated heterocycles. The summed E-state index contributed by atoms with van der Waals surface area (Å²) >= 11 is 6.43. The van der Waals surface area contributed by atoms with Gasteiger partial charge in [-0.3, -0.25) is 14.5 Å². The molecular formula is C27H26ClN3O8S. The number of likely N-dealkylation sites (tertiary alicyclic amines) is 1. The lowest BCUT2D eigenvalue weighted by Gasteiger charge is -2.40. The number of carboxylic acid groups (broad SMARTS) is 1. The lowest BCUT2D eigenvalue weighted by molar-refractivity contribution is -0.145. The molecule has 0 spiro atoms. The van der Waals surface area contributed by atoms with Crippen LogP contribution in [0.5, 0.6) is 17.4 Å². The number of ether oxygens (including phenoxy) is 3. The van der Waals surface area contributed by atoms with Crippen LogP contribution in [0.1, 0.15) is 24.0 Å². The fourth-order valence-electron chi connectivity index (χ4n) is 5.62. The smallest absolute Gasteiger partial charge is 0.320 e. The van der Waals surface area contributed by atoms with Crippen LogP contribution in [-0.4, -0.2) is 69.2 Å². The molecule has 1 amide bonds. The number of nitrogens with zero attached hydrogens (tertiary/aromatic N) is 3. The highest BCUT2D eigenvalue weighted by Crippen LogP contribution is 2.54. The third-order valence-corrected chi connectivity index (χ3v) is 9.24. The highest BCUT2D eigenvalue weighted by Gasteiger charge is 2.63. The van der Waals surface area contributed by atoms with E-state index in [-0.39, 0.29) is 51.3 Å². The number of pyridine rings is 1. The minimum Gasteiger partial charge on any atom is -0.497 e. The Morgan fingerprint density at radius 2 is 1.85 bits per heavy atom. The van der Waals surface area contributed by atoms with E-state index in [1.807, 2.05) is 0 Å². The van der Waals surface area contributed by atoms with Crippen molar-refractivity contribution in [3.8, 4) is 17.4 Å². The first-order valence-electron chi connectivity index (χ1n) is 12.2. The second kappa shape index (κ2) is 10.3. The minimum atomic E-state index is -4.62. The quantitative estimate of drug-likeness (QED) is 0.418. The molecule has 0 radical (unpaired) electrons. The van der Waals surface area contributed by atoms with Gasteiger partial charge in [0.05, 0.1) is 27.0 Å². The van der Waals surface area contributed by atoms with Gasteiger partial charge in [0.2, 0.25) is 5.88 Å². The predicted octanol–water partition coefficient (Wildman–Crippen LogP) is 3.29. The maximum atomic E-state index is 14.9. The van der Waals surface area contributed by atoms with E-state index in [0.29, 0.717) is 16.5 Å². The zero-order valence-corrected chi connectivity index (χ0v) is 23.4. The van der Waals surface area contributed by atoms with Gasteiger partial charge in [-0.2, -0.15) is 0 Å². The summed E-state index contributed by atoms with van der Waals surface area (Å²) < 4.78 is 45.5. The molecule has 2 aliphatic heterocycles. The summed E-state index contributed by atoms with van der Waals surface area (Å²) in [5.41, 5.74) is -1.53. The number of fused-ring (bicyclic) bond motifs is 1. The number of benzene rings is 2. The molecule has 2 atom stereocenters. The number of carboxylic acids is 1. The van der Waals surface area contributed by atoms with Crippen LogP contribution in [0.15, 0.2) is 59.6 Å². The summed E-state index contributed by atoms with van der Waals surface area (Å²) in [6, 6.07) is 10.6. The van der Waals surface area contributed by atoms with Gasteiger partial charge >= 0.3 is 5.97 Å². The number of halogens is 1. The van der Waals surface area contributed by atoms with Gasteiger partial charge in [0, 0.05) is 35.0 Å². The van der Waals surface area contributed by atoms with E-state index < -0.39 is 33.5 Å². The number of aliphatic carboxylic acids is 1. The fourth-order valence-corrected chi connectivity index (χ4v) is 7.39. The van der Waals surface area contributed by atoms with Crippen molar-refractivity contribution < 1.29 is 37.3 Å². The topological polar surface area (TPSA) is 136 Å². The largest absolute Gasteiger partial charge is 0.497 e. The zero-order valence-electron chi connectivity index (χ0n) is 21.8. The molecule has 210 valence electrons. The van der Waals surface area contributed by atoms with E-state index in [0.717, 1.165) is 0 Å². The van der Waals surface area contributed by atoms with Crippen LogP contribution in [0.4, 0.5) is 5.69 Å². The first kappa shape index (κ1) is 27.7. The molecule has 1 fully saturated rings. The summed E-state index contributed by atoms with van der Waals surface area (Å²) in [6.07, 6.45) is 2.18. The van der Waals surface area contributed by atoms with Crippen LogP contribution in [0, 0.1) is 0 Å². The molecule has 3 heterocycles. The second-order valence-corrected chi connectivity index (χ2v) is 11.4. The summed E-state index contributed by atoms with van der Waals surface area (Å²) in [5.74, 6) is -1.70. The van der Waals surface area contributed by atoms with Crippen LogP contribution >= 0.6 is 11.6 Å². The molecule has 5 rings (SSSR count). The van der Waals surface area contributed by atoms with Gasteiger partial charge in [0.15, 0.2) is 5.54 Å². The summed E-state index contributed by atoms with van der Waals surface area (Å²) in [4.78, 5) is 32.8. The van der Waals surface area contributed by atoms with Crippen LogP contribution in [-0.2, 0) is 25.2 Å². The Labute approximate surface area is 235 Å². The molecule has 3 aromatic rings. The van der Waals surface area contributed by atoms with Crippen molar-refractivity contribution in [1.29, 1.82) is 0 Å². The Kier molecular flexibility index (Phi) is 7.11. The first-order chi connectivity index (χ1) is 19.1. The highest BCUT2D eigenvalue weighted by molar-refractivity contribution is 7.93. The van der Waals surface area contributed by atoms with Crippen molar-refractivity contribution in [2.24, 2.45) is 0 Å². The average Bonchev–Trinajstić information content (AvgIpc) is 3.54. The molecule has 1 unspecified atom stereocenters. The van der Waals surface area contributed by atoms with Crippen molar-refractivity contribution >= 4 is 39.2 Å². The third kappa shape index (κ3) is 3.97. The van der Waals surface area contributed by atoms with Crippen LogP contribution in [0.2, 0.25) is 5.02 Å². The summed E-state index contributed by atoms with van der Waals surface area (Å²) in [7, 11) is -0.521. The van der Waals surface area contributed by atoms with Crippen molar-refractivity contribution in [3.05, 3.63) is 70.9 Å². The highest BCUT2D eigenvalue weighted by atomic mass is 35.5. The van der Waals surface area contributed by atoms with Gasteiger partial charge in [-0.1, -0.05) is 11.6 Å². The number of carbonyl (C=O) groups is 2. The average molecular weight is 588 g/mol.